The number of nitrogens with one attached hydrogen (secondary N) is 2. The summed E-state index contributed by atoms with van der Waals surface area (Å²) in [5.74, 6) is -8.13. The number of sulfone groups is 1. The van der Waals surface area contributed by atoms with E-state index in [1.54, 1.807) is 6.92 Å². The first-order valence-electron chi connectivity index (χ1n) is 14.5. The summed E-state index contributed by atoms with van der Waals surface area (Å²) in [6, 6.07) is -1.38. The van der Waals surface area contributed by atoms with E-state index in [9.17, 15) is 57.0 Å². The number of rotatable bonds is 27. The van der Waals surface area contributed by atoms with Crippen LogP contribution in [0.1, 0.15) is 96.8 Å². The Labute approximate surface area is 256 Å². The van der Waals surface area contributed by atoms with E-state index in [0.29, 0.717) is 13.0 Å². The number of carbonyl (C=O) groups is 8. The van der Waals surface area contributed by atoms with Crippen molar-refractivity contribution in [2.24, 2.45) is 5.92 Å². The lowest BCUT2D eigenvalue weighted by Gasteiger charge is -2.15. The van der Waals surface area contributed by atoms with Crippen molar-refractivity contribution < 1.29 is 62.1 Å². The number of ketones is 3. The number of carboxylic acids is 3. The lowest BCUT2D eigenvalue weighted by Crippen LogP contribution is -2.41. The summed E-state index contributed by atoms with van der Waals surface area (Å²) < 4.78 is 24.1. The molecule has 2 amide bonds. The van der Waals surface area contributed by atoms with E-state index < -0.39 is 62.9 Å². The number of carbonyl (C=O) groups excluding carboxylic acids is 5. The van der Waals surface area contributed by atoms with Crippen LogP contribution >= 0.6 is 0 Å². The van der Waals surface area contributed by atoms with Crippen LogP contribution in [-0.4, -0.2) is 94.9 Å². The Kier molecular flexibility index (Phi) is 20.1. The van der Waals surface area contributed by atoms with E-state index in [0.717, 1.165) is 0 Å². The SMILES string of the molecule is CCNC(=O)CCC(CC(=O)CCC(NC(=O)CCCCC(=O)CCCS(=O)(=O)CC(=O)CCCC(=O)O)C(=O)O)C(=O)O. The van der Waals surface area contributed by atoms with Crippen LogP contribution in [-0.2, 0) is 48.2 Å². The third-order valence-electron chi connectivity index (χ3n) is 6.51. The minimum atomic E-state index is -3.72. The summed E-state index contributed by atoms with van der Waals surface area (Å²) in [4.78, 5) is 93.2. The summed E-state index contributed by atoms with van der Waals surface area (Å²) in [5, 5.41) is 32.1. The van der Waals surface area contributed by atoms with E-state index in [1.165, 1.54) is 0 Å². The minimum absolute atomic E-state index is 0.0183. The molecule has 0 bridgehead atoms. The molecule has 0 radical (unpaired) electrons. The van der Waals surface area contributed by atoms with Gasteiger partial charge in [0.2, 0.25) is 11.8 Å². The zero-order valence-electron chi connectivity index (χ0n) is 25.0. The molecule has 0 aliphatic rings. The Morgan fingerprint density at radius 2 is 1.25 bits per heavy atom. The van der Waals surface area contributed by atoms with Gasteiger partial charge in [0.05, 0.1) is 11.7 Å². The van der Waals surface area contributed by atoms with Crippen molar-refractivity contribution >= 4 is 56.9 Å². The third-order valence-corrected chi connectivity index (χ3v) is 8.18. The first-order valence-corrected chi connectivity index (χ1v) is 16.4. The second kappa shape index (κ2) is 21.9. The van der Waals surface area contributed by atoms with Crippen molar-refractivity contribution in [3.05, 3.63) is 0 Å². The first kappa shape index (κ1) is 40.3. The quantitative estimate of drug-likeness (QED) is 0.0782. The summed E-state index contributed by atoms with van der Waals surface area (Å²) in [6.45, 7) is 2.10. The van der Waals surface area contributed by atoms with Gasteiger partial charge in [-0.3, -0.25) is 33.6 Å². The number of Topliss-reactive ketones (excluding diaryl/α,β-unsaturated/α-hetero) is 3. The third kappa shape index (κ3) is 21.1. The maximum atomic E-state index is 12.3. The van der Waals surface area contributed by atoms with Gasteiger partial charge < -0.3 is 26.0 Å². The zero-order chi connectivity index (χ0) is 33.7. The maximum Gasteiger partial charge on any atom is 0.326 e. The van der Waals surface area contributed by atoms with Crippen molar-refractivity contribution in [3.63, 3.8) is 0 Å². The summed E-state index contributed by atoms with van der Waals surface area (Å²) >= 11 is 0. The Morgan fingerprint density at radius 3 is 1.84 bits per heavy atom. The largest absolute Gasteiger partial charge is 0.481 e. The second-order valence-electron chi connectivity index (χ2n) is 10.5. The molecule has 250 valence electrons. The van der Waals surface area contributed by atoms with Crippen LogP contribution in [0.2, 0.25) is 0 Å². The fourth-order valence-corrected chi connectivity index (χ4v) is 5.52. The molecule has 5 N–H and O–H groups in total. The minimum Gasteiger partial charge on any atom is -0.481 e. The molecule has 2 atom stereocenters. The Bertz CT molecular complexity index is 1130. The van der Waals surface area contributed by atoms with Crippen LogP contribution < -0.4 is 10.6 Å². The average Bonchev–Trinajstić information content (AvgIpc) is 2.90. The van der Waals surface area contributed by atoms with Crippen LogP contribution in [0.3, 0.4) is 0 Å². The number of amides is 2. The smallest absolute Gasteiger partial charge is 0.326 e. The number of unbranched alkanes of at least 4 members (excludes halogenated alkanes) is 1. The standard InChI is InChI=1S/C28H44N2O13S/c1-2-29-24(34)15-12-19(27(38)39)17-21(32)13-14-23(28(40)41)30-25(35)10-4-3-7-20(31)9-6-16-44(42,43)18-22(33)8-5-11-26(36)37/h19,23H,2-18H2,1H3,(H,29,34)(H,30,35)(H,36,37)(H,38,39)(H,40,41). The van der Waals surface area contributed by atoms with Crippen molar-refractivity contribution in [1.29, 1.82) is 0 Å². The second-order valence-corrected chi connectivity index (χ2v) is 12.7. The van der Waals surface area contributed by atoms with Crippen molar-refractivity contribution in [1.82, 2.24) is 10.6 Å². The molecule has 0 heterocycles. The molecule has 44 heavy (non-hydrogen) atoms. The molecule has 0 aliphatic heterocycles. The van der Waals surface area contributed by atoms with E-state index in [1.807, 2.05) is 0 Å². The van der Waals surface area contributed by atoms with Gasteiger partial charge in [-0.15, -0.1) is 0 Å². The molecule has 15 nitrogen and oxygen atoms in total. The molecule has 0 spiro atoms. The molecule has 0 aromatic rings. The van der Waals surface area contributed by atoms with Gasteiger partial charge in [-0.2, -0.15) is 0 Å². The predicted molar refractivity (Wildman–Crippen MR) is 155 cm³/mol. The highest BCUT2D eigenvalue weighted by Gasteiger charge is 2.25. The molecule has 0 rings (SSSR count). The fraction of sp³-hybridized carbons (Fsp3) is 0.714. The number of aliphatic carboxylic acids is 3. The van der Waals surface area contributed by atoms with Gasteiger partial charge in [0.1, 0.15) is 29.1 Å². The highest BCUT2D eigenvalue weighted by Crippen LogP contribution is 2.15. The number of hydrogen-bond acceptors (Lipinski definition) is 10. The number of carboxylic acid groups (broad SMARTS) is 3. The monoisotopic (exact) mass is 648 g/mol. The van der Waals surface area contributed by atoms with Gasteiger partial charge in [0.25, 0.3) is 0 Å². The summed E-state index contributed by atoms with van der Waals surface area (Å²) in [6.07, 6.45) is -0.866. The normalized spacial score (nSPS) is 12.5. The topological polar surface area (TPSA) is 255 Å². The van der Waals surface area contributed by atoms with Crippen LogP contribution in [0.25, 0.3) is 0 Å². The van der Waals surface area contributed by atoms with E-state index in [4.69, 9.17) is 5.11 Å². The molecule has 0 aliphatic carbocycles. The zero-order valence-corrected chi connectivity index (χ0v) is 25.8. The molecule has 0 aromatic carbocycles. The Morgan fingerprint density at radius 1 is 0.636 bits per heavy atom. The molecule has 16 heteroatoms. The predicted octanol–water partition coefficient (Wildman–Crippen LogP) is 1.06. The van der Waals surface area contributed by atoms with Gasteiger partial charge in [0.15, 0.2) is 9.84 Å². The highest BCUT2D eigenvalue weighted by molar-refractivity contribution is 7.92. The van der Waals surface area contributed by atoms with Gasteiger partial charge >= 0.3 is 17.9 Å². The van der Waals surface area contributed by atoms with Crippen molar-refractivity contribution in [3.8, 4) is 0 Å². The van der Waals surface area contributed by atoms with Gasteiger partial charge in [0, 0.05) is 57.9 Å². The van der Waals surface area contributed by atoms with Crippen LogP contribution in [0, 0.1) is 5.92 Å². The Balaban J connectivity index is 4.38. The van der Waals surface area contributed by atoms with Gasteiger partial charge in [-0.05, 0) is 45.4 Å². The summed E-state index contributed by atoms with van der Waals surface area (Å²) in [7, 11) is -3.72. The number of hydrogen-bond donors (Lipinski definition) is 5. The first-order chi connectivity index (χ1) is 20.6. The van der Waals surface area contributed by atoms with E-state index >= 15 is 0 Å². The lowest BCUT2D eigenvalue weighted by molar-refractivity contribution is -0.145. The highest BCUT2D eigenvalue weighted by atomic mass is 32.2. The lowest BCUT2D eigenvalue weighted by atomic mass is 9.94. The van der Waals surface area contributed by atoms with Crippen molar-refractivity contribution in [2.45, 2.75) is 103 Å². The summed E-state index contributed by atoms with van der Waals surface area (Å²) in [5.41, 5.74) is 0. The molecule has 0 aromatic heterocycles. The van der Waals surface area contributed by atoms with Gasteiger partial charge in [-0.1, -0.05) is 0 Å². The molecular formula is C28H44N2O13S. The molecule has 2 unspecified atom stereocenters. The molecule has 0 saturated heterocycles. The fourth-order valence-electron chi connectivity index (χ4n) is 4.16. The van der Waals surface area contributed by atoms with Gasteiger partial charge in [-0.25, -0.2) is 13.2 Å². The van der Waals surface area contributed by atoms with Crippen molar-refractivity contribution in [2.75, 3.05) is 18.1 Å². The maximum absolute atomic E-state index is 12.3. The van der Waals surface area contributed by atoms with E-state index in [2.05, 4.69) is 10.6 Å². The molecule has 0 saturated carbocycles. The molecule has 0 fully saturated rings. The van der Waals surface area contributed by atoms with Crippen LogP contribution in [0.5, 0.6) is 0 Å². The van der Waals surface area contributed by atoms with Crippen LogP contribution in [0.4, 0.5) is 0 Å². The average molecular weight is 649 g/mol. The molecular weight excluding hydrogens is 604 g/mol. The Hall–Kier alpha value is -3.69. The van der Waals surface area contributed by atoms with Crippen LogP contribution in [0.15, 0.2) is 0 Å². The van der Waals surface area contributed by atoms with E-state index in [-0.39, 0.29) is 101 Å².